The number of carbonyl (C=O) groups excluding carboxylic acids is 2. The molecule has 2 N–H and O–H groups in total. The second-order valence-corrected chi connectivity index (χ2v) is 7.02. The van der Waals surface area contributed by atoms with Crippen molar-refractivity contribution in [3.63, 3.8) is 0 Å². The molecule has 3 heterocycles. The van der Waals surface area contributed by atoms with Crippen LogP contribution in [0.15, 0.2) is 36.0 Å². The minimum atomic E-state index is -4.49. The second kappa shape index (κ2) is 6.82. The van der Waals surface area contributed by atoms with Crippen LogP contribution in [-0.4, -0.2) is 34.4 Å². The number of hydrogen-bond acceptors (Lipinski definition) is 4. The maximum Gasteiger partial charge on any atom is 0.432 e. The molecule has 1 saturated heterocycles. The van der Waals surface area contributed by atoms with Gasteiger partial charge in [0.05, 0.1) is 6.42 Å². The molecule has 0 spiro atoms. The van der Waals surface area contributed by atoms with Crippen molar-refractivity contribution in [1.29, 1.82) is 0 Å². The number of halogens is 3. The zero-order valence-corrected chi connectivity index (χ0v) is 15.1. The monoisotopic (exact) mass is 409 g/mol. The molecule has 0 radical (unpaired) electrons. The molecule has 3 aromatic rings. The average molecular weight is 409 g/mol. The molecule has 1 aliphatic heterocycles. The van der Waals surface area contributed by atoms with Crippen LogP contribution in [0, 0.1) is 0 Å². The van der Waals surface area contributed by atoms with Crippen LogP contribution >= 0.6 is 11.3 Å². The van der Waals surface area contributed by atoms with Gasteiger partial charge in [-0.1, -0.05) is 12.1 Å². The fourth-order valence-corrected chi connectivity index (χ4v) is 3.90. The van der Waals surface area contributed by atoms with E-state index in [1.54, 1.807) is 29.2 Å². The number of benzene rings is 1. The molecule has 28 heavy (non-hydrogen) atoms. The smallest absolute Gasteiger partial charge is 0.336 e. The zero-order chi connectivity index (χ0) is 19.9. The van der Waals surface area contributed by atoms with Crippen LogP contribution in [0.2, 0.25) is 0 Å². The Morgan fingerprint density at radius 2 is 2.04 bits per heavy atom. The number of aromatic nitrogens is 2. The molecule has 7 nitrogen and oxygen atoms in total. The SMILES string of the molecule is O=C(Cc1ccc(N2CCNC2=O)cc1)Nc1ncn2c(C(F)(F)F)csc12. The van der Waals surface area contributed by atoms with Gasteiger partial charge in [0.25, 0.3) is 0 Å². The van der Waals surface area contributed by atoms with E-state index in [4.69, 9.17) is 0 Å². The summed E-state index contributed by atoms with van der Waals surface area (Å²) in [6.07, 6.45) is -3.42. The maximum absolute atomic E-state index is 12.9. The summed E-state index contributed by atoms with van der Waals surface area (Å²) in [6.45, 7) is 1.16. The van der Waals surface area contributed by atoms with Crippen LogP contribution in [0.25, 0.3) is 4.83 Å². The number of imidazole rings is 1. The largest absolute Gasteiger partial charge is 0.432 e. The van der Waals surface area contributed by atoms with Crippen molar-refractivity contribution < 1.29 is 22.8 Å². The lowest BCUT2D eigenvalue weighted by atomic mass is 10.1. The minimum absolute atomic E-state index is 0.0308. The number of nitrogens with zero attached hydrogens (tertiary/aromatic N) is 3. The van der Waals surface area contributed by atoms with Crippen molar-refractivity contribution in [2.45, 2.75) is 12.6 Å². The predicted molar refractivity (Wildman–Crippen MR) is 97.6 cm³/mol. The summed E-state index contributed by atoms with van der Waals surface area (Å²) in [7, 11) is 0. The molecule has 0 bridgehead atoms. The highest BCUT2D eigenvalue weighted by Gasteiger charge is 2.35. The van der Waals surface area contributed by atoms with Gasteiger partial charge in [-0.25, -0.2) is 9.78 Å². The molecule has 146 valence electrons. The fourth-order valence-electron chi connectivity index (χ4n) is 2.95. The van der Waals surface area contributed by atoms with E-state index in [0.29, 0.717) is 18.7 Å². The topological polar surface area (TPSA) is 78.7 Å². The first-order valence-corrected chi connectivity index (χ1v) is 9.17. The molecule has 1 fully saturated rings. The van der Waals surface area contributed by atoms with Crippen molar-refractivity contribution in [2.24, 2.45) is 0 Å². The third-order valence-electron chi connectivity index (χ3n) is 4.28. The summed E-state index contributed by atoms with van der Waals surface area (Å²) in [6, 6.07) is 6.80. The van der Waals surface area contributed by atoms with Gasteiger partial charge in [-0.15, -0.1) is 11.3 Å². The highest BCUT2D eigenvalue weighted by molar-refractivity contribution is 7.16. The molecule has 3 amide bonds. The van der Waals surface area contributed by atoms with Gasteiger partial charge in [0.1, 0.15) is 16.9 Å². The number of hydrogen-bond donors (Lipinski definition) is 2. The van der Waals surface area contributed by atoms with Crippen molar-refractivity contribution in [3.05, 3.63) is 47.2 Å². The summed E-state index contributed by atoms with van der Waals surface area (Å²) in [5, 5.41) is 6.25. The van der Waals surface area contributed by atoms with Crippen molar-refractivity contribution in [2.75, 3.05) is 23.3 Å². The van der Waals surface area contributed by atoms with E-state index in [1.807, 2.05) is 0 Å². The van der Waals surface area contributed by atoms with E-state index < -0.39 is 17.8 Å². The first-order valence-electron chi connectivity index (χ1n) is 8.29. The summed E-state index contributed by atoms with van der Waals surface area (Å²) < 4.78 is 39.7. The number of carbonyl (C=O) groups is 2. The first-order chi connectivity index (χ1) is 13.3. The molecule has 2 aromatic heterocycles. The van der Waals surface area contributed by atoms with Crippen LogP contribution in [-0.2, 0) is 17.4 Å². The van der Waals surface area contributed by atoms with E-state index in [-0.39, 0.29) is 23.1 Å². The van der Waals surface area contributed by atoms with Gasteiger partial charge in [0.15, 0.2) is 5.82 Å². The molecule has 1 aromatic carbocycles. The van der Waals surface area contributed by atoms with E-state index in [9.17, 15) is 22.8 Å². The van der Waals surface area contributed by atoms with E-state index in [1.165, 1.54) is 0 Å². The Labute approximate surface area is 160 Å². The van der Waals surface area contributed by atoms with E-state index in [2.05, 4.69) is 15.6 Å². The standard InChI is InChI=1S/C17H14F3N5O2S/c18-17(19,20)12-8-28-15-14(22-9-25(12)15)23-13(26)7-10-1-3-11(4-2-10)24-6-5-21-16(24)27/h1-4,8-9H,5-7H2,(H,21,27)(H,23,26). The molecule has 0 unspecified atom stereocenters. The number of amides is 3. The van der Waals surface area contributed by atoms with Gasteiger partial charge in [-0.2, -0.15) is 13.2 Å². The van der Waals surface area contributed by atoms with Gasteiger partial charge in [0.2, 0.25) is 5.91 Å². The third-order valence-corrected chi connectivity index (χ3v) is 5.24. The van der Waals surface area contributed by atoms with Gasteiger partial charge < -0.3 is 10.6 Å². The summed E-state index contributed by atoms with van der Waals surface area (Å²) in [5.41, 5.74) is 0.605. The maximum atomic E-state index is 12.9. The summed E-state index contributed by atoms with van der Waals surface area (Å²) in [4.78, 5) is 29.6. The molecule has 0 aliphatic carbocycles. The molecule has 0 saturated carbocycles. The minimum Gasteiger partial charge on any atom is -0.336 e. The Morgan fingerprint density at radius 3 is 2.68 bits per heavy atom. The number of rotatable bonds is 4. The average Bonchev–Trinajstić information content (AvgIpc) is 3.32. The van der Waals surface area contributed by atoms with Crippen LogP contribution in [0.5, 0.6) is 0 Å². The van der Waals surface area contributed by atoms with Crippen molar-refractivity contribution in [1.82, 2.24) is 14.7 Å². The lowest BCUT2D eigenvalue weighted by molar-refractivity contribution is -0.141. The van der Waals surface area contributed by atoms with E-state index in [0.717, 1.165) is 33.1 Å². The lowest BCUT2D eigenvalue weighted by Crippen LogP contribution is -2.27. The molecule has 4 rings (SSSR count). The summed E-state index contributed by atoms with van der Waals surface area (Å²) >= 11 is 0.861. The van der Waals surface area contributed by atoms with Crippen LogP contribution in [0.1, 0.15) is 11.3 Å². The molecule has 11 heteroatoms. The number of fused-ring (bicyclic) bond motifs is 1. The number of nitrogens with one attached hydrogen (secondary N) is 2. The van der Waals surface area contributed by atoms with Gasteiger partial charge in [-0.05, 0) is 17.7 Å². The normalized spacial score (nSPS) is 14.5. The Balaban J connectivity index is 1.44. The Morgan fingerprint density at radius 1 is 1.29 bits per heavy atom. The van der Waals surface area contributed by atoms with E-state index >= 15 is 0 Å². The Bertz CT molecular complexity index is 1040. The third kappa shape index (κ3) is 3.40. The molecular weight excluding hydrogens is 395 g/mol. The quantitative estimate of drug-likeness (QED) is 0.695. The van der Waals surface area contributed by atoms with Gasteiger partial charge >= 0.3 is 12.2 Å². The first kappa shape index (κ1) is 18.3. The zero-order valence-electron chi connectivity index (χ0n) is 14.3. The molecular formula is C17H14F3N5O2S. The highest BCUT2D eigenvalue weighted by atomic mass is 32.1. The fraction of sp³-hybridized carbons (Fsp3) is 0.235. The number of urea groups is 1. The van der Waals surface area contributed by atoms with Crippen LogP contribution in [0.4, 0.5) is 29.5 Å². The number of alkyl halides is 3. The van der Waals surface area contributed by atoms with Crippen LogP contribution < -0.4 is 15.5 Å². The number of anilines is 2. The lowest BCUT2D eigenvalue weighted by Gasteiger charge is -2.14. The molecule has 0 atom stereocenters. The van der Waals surface area contributed by atoms with Gasteiger partial charge in [-0.3, -0.25) is 14.1 Å². The van der Waals surface area contributed by atoms with Crippen molar-refractivity contribution in [3.8, 4) is 0 Å². The Kier molecular flexibility index (Phi) is 4.46. The Hall–Kier alpha value is -3.08. The predicted octanol–water partition coefficient (Wildman–Crippen LogP) is 3.13. The number of thiazole rings is 1. The molecule has 1 aliphatic rings. The summed E-state index contributed by atoms with van der Waals surface area (Å²) in [5.74, 6) is -0.301. The van der Waals surface area contributed by atoms with Gasteiger partial charge in [0, 0.05) is 24.2 Å². The van der Waals surface area contributed by atoms with Crippen LogP contribution in [0.3, 0.4) is 0 Å². The highest BCUT2D eigenvalue weighted by Crippen LogP contribution is 2.35. The second-order valence-electron chi connectivity index (χ2n) is 6.16. The van der Waals surface area contributed by atoms with Crippen molar-refractivity contribution >= 4 is 39.6 Å².